The first-order valence-electron chi connectivity index (χ1n) is 9.86. The number of ketones is 2. The minimum Gasteiger partial charge on any atom is -0.493 e. The van der Waals surface area contributed by atoms with E-state index in [4.69, 9.17) is 25.8 Å². The highest BCUT2D eigenvalue weighted by Crippen LogP contribution is 2.50. The number of allylic oxidation sites excluding steroid dienone is 4. The first-order valence-corrected chi connectivity index (χ1v) is 10.2. The summed E-state index contributed by atoms with van der Waals surface area (Å²) in [5.41, 5.74) is 1.91. The maximum Gasteiger partial charge on any atom is 0.180 e. The molecule has 0 unspecified atom stereocenters. The van der Waals surface area contributed by atoms with Crippen LogP contribution in [0.5, 0.6) is 11.5 Å². The van der Waals surface area contributed by atoms with E-state index in [-0.39, 0.29) is 18.2 Å². The van der Waals surface area contributed by atoms with Crippen LogP contribution in [0.2, 0.25) is 5.02 Å². The predicted molar refractivity (Wildman–Crippen MR) is 109 cm³/mol. The summed E-state index contributed by atoms with van der Waals surface area (Å²) < 4.78 is 17.2. The van der Waals surface area contributed by atoms with Crippen LogP contribution in [0.1, 0.15) is 50.0 Å². The van der Waals surface area contributed by atoms with Crippen molar-refractivity contribution in [1.82, 2.24) is 0 Å². The molecule has 29 heavy (non-hydrogen) atoms. The molecule has 0 saturated heterocycles. The molecule has 5 nitrogen and oxygen atoms in total. The largest absolute Gasteiger partial charge is 0.493 e. The van der Waals surface area contributed by atoms with Gasteiger partial charge in [0.25, 0.3) is 0 Å². The van der Waals surface area contributed by atoms with Gasteiger partial charge in [-0.15, -0.1) is 0 Å². The van der Waals surface area contributed by atoms with Crippen LogP contribution in [0.15, 0.2) is 47.5 Å². The Bertz CT molecular complexity index is 914. The van der Waals surface area contributed by atoms with Crippen LogP contribution in [0.3, 0.4) is 0 Å². The Labute approximate surface area is 175 Å². The van der Waals surface area contributed by atoms with Gasteiger partial charge in [-0.2, -0.15) is 0 Å². The van der Waals surface area contributed by atoms with E-state index < -0.39 is 5.92 Å². The van der Waals surface area contributed by atoms with Gasteiger partial charge in [-0.25, -0.2) is 0 Å². The first-order chi connectivity index (χ1) is 14.0. The number of benzene rings is 1. The number of halogens is 1. The van der Waals surface area contributed by atoms with Crippen molar-refractivity contribution in [3.05, 3.63) is 58.0 Å². The molecular formula is C23H23ClO5. The summed E-state index contributed by atoms with van der Waals surface area (Å²) in [4.78, 5) is 25.7. The van der Waals surface area contributed by atoms with E-state index in [9.17, 15) is 9.59 Å². The van der Waals surface area contributed by atoms with Gasteiger partial charge in [0.15, 0.2) is 23.1 Å². The Morgan fingerprint density at radius 3 is 2.28 bits per heavy atom. The summed E-state index contributed by atoms with van der Waals surface area (Å²) in [6.07, 6.45) is 5.47. The minimum absolute atomic E-state index is 0.0308. The van der Waals surface area contributed by atoms with Crippen molar-refractivity contribution in [3.63, 3.8) is 0 Å². The first kappa shape index (κ1) is 19.8. The third kappa shape index (κ3) is 3.48. The van der Waals surface area contributed by atoms with Crippen LogP contribution in [-0.2, 0) is 14.3 Å². The molecule has 0 N–H and O–H groups in total. The van der Waals surface area contributed by atoms with E-state index in [2.05, 4.69) is 6.58 Å². The number of ether oxygens (including phenoxy) is 3. The van der Waals surface area contributed by atoms with Gasteiger partial charge in [0.05, 0.1) is 12.1 Å². The zero-order chi connectivity index (χ0) is 20.5. The highest BCUT2D eigenvalue weighted by atomic mass is 35.5. The Hall–Kier alpha value is -2.53. The van der Waals surface area contributed by atoms with E-state index >= 15 is 0 Å². The average Bonchev–Trinajstić information content (AvgIpc) is 2.71. The van der Waals surface area contributed by atoms with Gasteiger partial charge in [-0.3, -0.25) is 9.59 Å². The molecule has 0 spiro atoms. The fraction of sp³-hybridized carbons (Fsp3) is 0.391. The summed E-state index contributed by atoms with van der Waals surface area (Å²) in [7, 11) is 1.53. The zero-order valence-corrected chi connectivity index (χ0v) is 17.1. The molecule has 0 atom stereocenters. The summed E-state index contributed by atoms with van der Waals surface area (Å²) in [6, 6.07) is 3.57. The van der Waals surface area contributed by atoms with Crippen molar-refractivity contribution in [3.8, 4) is 11.5 Å². The Kier molecular flexibility index (Phi) is 5.50. The Morgan fingerprint density at radius 2 is 1.72 bits per heavy atom. The van der Waals surface area contributed by atoms with E-state index in [1.54, 1.807) is 18.2 Å². The lowest BCUT2D eigenvalue weighted by molar-refractivity contribution is -0.117. The van der Waals surface area contributed by atoms with E-state index in [1.807, 2.05) is 0 Å². The van der Waals surface area contributed by atoms with E-state index in [1.165, 1.54) is 7.11 Å². The van der Waals surface area contributed by atoms with Crippen LogP contribution in [0, 0.1) is 0 Å². The molecule has 1 heterocycles. The minimum atomic E-state index is -0.478. The summed E-state index contributed by atoms with van der Waals surface area (Å²) >= 11 is 6.52. The van der Waals surface area contributed by atoms with Crippen LogP contribution in [-0.4, -0.2) is 25.3 Å². The fourth-order valence-electron chi connectivity index (χ4n) is 4.34. The molecule has 0 radical (unpaired) electrons. The van der Waals surface area contributed by atoms with Gasteiger partial charge in [0, 0.05) is 42.7 Å². The lowest BCUT2D eigenvalue weighted by Gasteiger charge is -2.36. The lowest BCUT2D eigenvalue weighted by atomic mass is 9.73. The third-order valence-corrected chi connectivity index (χ3v) is 5.85. The molecule has 1 aliphatic heterocycles. The maximum atomic E-state index is 12.9. The summed E-state index contributed by atoms with van der Waals surface area (Å²) in [5.74, 6) is 1.85. The van der Waals surface area contributed by atoms with Crippen molar-refractivity contribution in [2.24, 2.45) is 0 Å². The number of carbonyl (C=O) groups excluding carboxylic acids is 2. The Balaban J connectivity index is 1.88. The fourth-order valence-corrected chi connectivity index (χ4v) is 4.61. The molecular weight excluding hydrogens is 392 g/mol. The monoisotopic (exact) mass is 414 g/mol. The predicted octanol–water partition coefficient (Wildman–Crippen LogP) is 5.04. The summed E-state index contributed by atoms with van der Waals surface area (Å²) in [5, 5.41) is 0.364. The lowest BCUT2D eigenvalue weighted by Crippen LogP contribution is -2.30. The number of hydrogen-bond acceptors (Lipinski definition) is 5. The van der Waals surface area contributed by atoms with Gasteiger partial charge in [0.1, 0.15) is 18.1 Å². The van der Waals surface area contributed by atoms with Crippen molar-refractivity contribution < 1.29 is 23.8 Å². The molecule has 0 aromatic heterocycles. The van der Waals surface area contributed by atoms with Gasteiger partial charge in [-0.1, -0.05) is 24.3 Å². The molecule has 6 heteroatoms. The van der Waals surface area contributed by atoms with Crippen LogP contribution in [0.4, 0.5) is 0 Å². The molecule has 2 aliphatic carbocycles. The number of Topliss-reactive ketones (excluding diaryl/α,β-unsaturated/α-hetero) is 2. The van der Waals surface area contributed by atoms with Crippen LogP contribution < -0.4 is 9.47 Å². The second-order valence-electron chi connectivity index (χ2n) is 7.40. The van der Waals surface area contributed by atoms with Gasteiger partial charge in [0.2, 0.25) is 0 Å². The molecule has 4 rings (SSSR count). The highest BCUT2D eigenvalue weighted by molar-refractivity contribution is 6.32. The second kappa shape index (κ2) is 8.07. The molecule has 0 bridgehead atoms. The molecule has 3 aliphatic rings. The number of methoxy groups -OCH3 is 1. The number of carbonyl (C=O) groups is 2. The van der Waals surface area contributed by atoms with Crippen molar-refractivity contribution in [2.75, 3.05) is 13.7 Å². The molecule has 0 amide bonds. The maximum absolute atomic E-state index is 12.9. The highest BCUT2D eigenvalue weighted by Gasteiger charge is 2.42. The van der Waals surface area contributed by atoms with Crippen molar-refractivity contribution in [2.45, 2.75) is 44.4 Å². The standard InChI is InChI=1S/C23H23ClO5/c1-3-10-28-23-14(24)11-13(12-19(23)27-2)20-21-15(25)6-4-8-17(21)29-18-9-5-7-16(26)22(18)20/h3,11-12,20H,1,4-10H2,2H3. The van der Waals surface area contributed by atoms with E-state index in [0.717, 1.165) is 18.4 Å². The molecule has 0 fully saturated rings. The average molecular weight is 415 g/mol. The Morgan fingerprint density at radius 1 is 1.10 bits per heavy atom. The smallest absolute Gasteiger partial charge is 0.180 e. The van der Waals surface area contributed by atoms with Gasteiger partial charge in [-0.05, 0) is 30.5 Å². The van der Waals surface area contributed by atoms with Crippen LogP contribution >= 0.6 is 11.6 Å². The van der Waals surface area contributed by atoms with Gasteiger partial charge < -0.3 is 14.2 Å². The topological polar surface area (TPSA) is 61.8 Å². The van der Waals surface area contributed by atoms with E-state index in [0.29, 0.717) is 64.9 Å². The molecule has 152 valence electrons. The summed E-state index contributed by atoms with van der Waals surface area (Å²) in [6.45, 7) is 3.93. The normalized spacial score (nSPS) is 19.5. The number of rotatable bonds is 5. The second-order valence-corrected chi connectivity index (χ2v) is 7.80. The SMILES string of the molecule is C=CCOc1c(Cl)cc(C2C3=C(CCCC3=O)OC3=C2C(=O)CCC3)cc1OC. The van der Waals surface area contributed by atoms with Crippen molar-refractivity contribution in [1.29, 1.82) is 0 Å². The molecule has 0 saturated carbocycles. The van der Waals surface area contributed by atoms with Gasteiger partial charge >= 0.3 is 0 Å². The third-order valence-electron chi connectivity index (χ3n) is 5.57. The molecule has 1 aromatic rings. The quantitative estimate of drug-likeness (QED) is 0.631. The zero-order valence-electron chi connectivity index (χ0n) is 16.4. The van der Waals surface area contributed by atoms with Crippen molar-refractivity contribution >= 4 is 23.2 Å². The van der Waals surface area contributed by atoms with Crippen LogP contribution in [0.25, 0.3) is 0 Å². The molecule has 1 aromatic carbocycles. The number of hydrogen-bond donors (Lipinski definition) is 0.